The number of rotatable bonds is 2. The third kappa shape index (κ3) is 2.19. The summed E-state index contributed by atoms with van der Waals surface area (Å²) in [7, 11) is 4.28. The zero-order valence-corrected chi connectivity index (χ0v) is 13.5. The lowest BCUT2D eigenvalue weighted by Crippen LogP contribution is -2.51. The molecule has 1 aromatic heterocycles. The Hall–Kier alpha value is -1.61. The molecule has 4 rings (SSSR count). The molecule has 0 aliphatic carbocycles. The van der Waals surface area contributed by atoms with Gasteiger partial charge in [-0.15, -0.1) is 0 Å². The van der Waals surface area contributed by atoms with Crippen LogP contribution in [0.4, 0.5) is 0 Å². The van der Waals surface area contributed by atoms with Gasteiger partial charge in [0.25, 0.3) is 0 Å². The van der Waals surface area contributed by atoms with Gasteiger partial charge in [-0.25, -0.2) is 0 Å². The van der Waals surface area contributed by atoms with Crippen molar-refractivity contribution in [1.82, 2.24) is 9.47 Å². The molecule has 0 amide bonds. The Labute approximate surface area is 131 Å². The summed E-state index contributed by atoms with van der Waals surface area (Å²) in [6.07, 6.45) is 7.98. The molecule has 2 saturated heterocycles. The quantitative estimate of drug-likeness (QED) is 0.791. The van der Waals surface area contributed by atoms with Gasteiger partial charge in [-0.1, -0.05) is 6.42 Å². The monoisotopic (exact) mass is 296 g/mol. The molecule has 0 saturated carbocycles. The molecule has 3 heteroatoms. The van der Waals surface area contributed by atoms with E-state index >= 15 is 0 Å². The van der Waals surface area contributed by atoms with E-state index in [4.69, 9.17) is 0 Å². The van der Waals surface area contributed by atoms with Crippen molar-refractivity contribution >= 4 is 16.7 Å². The van der Waals surface area contributed by atoms with E-state index in [0.29, 0.717) is 17.9 Å². The summed E-state index contributed by atoms with van der Waals surface area (Å²) in [5, 5.41) is 1.17. The Morgan fingerprint density at radius 1 is 1.09 bits per heavy atom. The number of fused-ring (bicyclic) bond motifs is 3. The van der Waals surface area contributed by atoms with Gasteiger partial charge in [-0.05, 0) is 57.0 Å². The highest BCUT2D eigenvalue weighted by molar-refractivity contribution is 6.01. The first kappa shape index (κ1) is 14.0. The molecule has 0 radical (unpaired) electrons. The van der Waals surface area contributed by atoms with Gasteiger partial charge in [0.1, 0.15) is 0 Å². The highest BCUT2D eigenvalue weighted by Crippen LogP contribution is 2.37. The van der Waals surface area contributed by atoms with Gasteiger partial charge in [0, 0.05) is 47.7 Å². The fourth-order valence-corrected chi connectivity index (χ4v) is 4.50. The SMILES string of the molecule is CN1C2CCCC1CC(C(=O)c1ccc3c(ccn3C)c1)C2. The lowest BCUT2D eigenvalue weighted by Gasteiger charge is -2.46. The Bertz CT molecular complexity index is 703. The Morgan fingerprint density at radius 2 is 1.82 bits per heavy atom. The Kier molecular flexibility index (Phi) is 3.33. The summed E-state index contributed by atoms with van der Waals surface area (Å²) in [5.74, 6) is 0.573. The van der Waals surface area contributed by atoms with Crippen LogP contribution in [-0.2, 0) is 7.05 Å². The van der Waals surface area contributed by atoms with Gasteiger partial charge in [-0.2, -0.15) is 0 Å². The molecule has 2 atom stereocenters. The molecule has 0 spiro atoms. The lowest BCUT2D eigenvalue weighted by atomic mass is 9.76. The van der Waals surface area contributed by atoms with Crippen molar-refractivity contribution in [1.29, 1.82) is 0 Å². The summed E-state index contributed by atoms with van der Waals surface area (Å²) in [5.41, 5.74) is 2.09. The van der Waals surface area contributed by atoms with Crippen LogP contribution in [0, 0.1) is 5.92 Å². The minimum absolute atomic E-state index is 0.215. The van der Waals surface area contributed by atoms with E-state index in [1.54, 1.807) is 0 Å². The molecule has 2 aliphatic heterocycles. The van der Waals surface area contributed by atoms with E-state index in [0.717, 1.165) is 18.4 Å². The minimum Gasteiger partial charge on any atom is -0.351 e. The molecule has 1 aromatic carbocycles. The molecule has 2 aromatic rings. The van der Waals surface area contributed by atoms with Gasteiger partial charge in [-0.3, -0.25) is 4.79 Å². The summed E-state index contributed by atoms with van der Waals surface area (Å²) in [6, 6.07) is 9.49. The molecule has 2 unspecified atom stereocenters. The van der Waals surface area contributed by atoms with Crippen LogP contribution >= 0.6 is 0 Å². The molecule has 2 fully saturated rings. The fraction of sp³-hybridized carbons (Fsp3) is 0.526. The van der Waals surface area contributed by atoms with Crippen molar-refractivity contribution in [3.8, 4) is 0 Å². The van der Waals surface area contributed by atoms with Gasteiger partial charge in [0.05, 0.1) is 0 Å². The highest BCUT2D eigenvalue weighted by atomic mass is 16.1. The topological polar surface area (TPSA) is 25.2 Å². The van der Waals surface area contributed by atoms with Crippen molar-refractivity contribution in [2.45, 2.75) is 44.2 Å². The number of ketones is 1. The van der Waals surface area contributed by atoms with Crippen LogP contribution in [0.5, 0.6) is 0 Å². The maximum Gasteiger partial charge on any atom is 0.166 e. The van der Waals surface area contributed by atoms with Gasteiger partial charge in [0.15, 0.2) is 5.78 Å². The molecular formula is C19H24N2O. The normalized spacial score (nSPS) is 28.9. The predicted octanol–water partition coefficient (Wildman–Crippen LogP) is 3.62. The zero-order valence-electron chi connectivity index (χ0n) is 13.5. The maximum atomic E-state index is 13.0. The molecule has 22 heavy (non-hydrogen) atoms. The van der Waals surface area contributed by atoms with Crippen LogP contribution in [-0.4, -0.2) is 34.4 Å². The van der Waals surface area contributed by atoms with Crippen molar-refractivity contribution < 1.29 is 4.79 Å². The van der Waals surface area contributed by atoms with E-state index in [-0.39, 0.29) is 5.92 Å². The second kappa shape index (κ2) is 5.24. The standard InChI is InChI=1S/C19H24N2O/c1-20-9-8-13-10-14(6-7-18(13)20)19(22)15-11-16-4-3-5-17(12-15)21(16)2/h6-10,15-17H,3-5,11-12H2,1-2H3. The first-order chi connectivity index (χ1) is 10.6. The number of nitrogens with zero attached hydrogens (tertiary/aromatic N) is 2. The molecule has 116 valence electrons. The average Bonchev–Trinajstić information content (AvgIpc) is 2.87. The number of carbonyl (C=O) groups is 1. The summed E-state index contributed by atoms with van der Waals surface area (Å²) < 4.78 is 2.10. The average molecular weight is 296 g/mol. The second-order valence-electron chi connectivity index (χ2n) is 7.14. The van der Waals surface area contributed by atoms with Crippen LogP contribution in [0.2, 0.25) is 0 Å². The number of carbonyl (C=O) groups excluding carboxylic acids is 1. The molecule has 3 nitrogen and oxygen atoms in total. The highest BCUT2D eigenvalue weighted by Gasteiger charge is 2.38. The summed E-state index contributed by atoms with van der Waals surface area (Å²) >= 11 is 0. The van der Waals surface area contributed by atoms with Crippen molar-refractivity contribution in [3.63, 3.8) is 0 Å². The predicted molar refractivity (Wildman–Crippen MR) is 89.2 cm³/mol. The zero-order chi connectivity index (χ0) is 15.3. The third-order valence-electron chi connectivity index (χ3n) is 5.88. The van der Waals surface area contributed by atoms with E-state index in [1.165, 1.54) is 30.2 Å². The van der Waals surface area contributed by atoms with Crippen LogP contribution in [0.3, 0.4) is 0 Å². The lowest BCUT2D eigenvalue weighted by molar-refractivity contribution is 0.0338. The van der Waals surface area contributed by atoms with Crippen LogP contribution in [0.15, 0.2) is 30.5 Å². The number of aromatic nitrogens is 1. The smallest absolute Gasteiger partial charge is 0.166 e. The third-order valence-corrected chi connectivity index (χ3v) is 5.88. The summed E-state index contributed by atoms with van der Waals surface area (Å²) in [6.45, 7) is 0. The van der Waals surface area contributed by atoms with Crippen LogP contribution < -0.4 is 0 Å². The Balaban J connectivity index is 1.60. The largest absolute Gasteiger partial charge is 0.351 e. The van der Waals surface area contributed by atoms with E-state index in [2.05, 4.69) is 40.9 Å². The van der Waals surface area contributed by atoms with E-state index < -0.39 is 0 Å². The van der Waals surface area contributed by atoms with Crippen LogP contribution in [0.25, 0.3) is 10.9 Å². The number of hydrogen-bond donors (Lipinski definition) is 0. The maximum absolute atomic E-state index is 13.0. The minimum atomic E-state index is 0.215. The van der Waals surface area contributed by atoms with Crippen molar-refractivity contribution in [3.05, 3.63) is 36.0 Å². The van der Waals surface area contributed by atoms with Gasteiger partial charge in [0.2, 0.25) is 0 Å². The summed E-state index contributed by atoms with van der Waals surface area (Å²) in [4.78, 5) is 15.5. The first-order valence-corrected chi connectivity index (χ1v) is 8.44. The molecule has 3 heterocycles. The molecular weight excluding hydrogens is 272 g/mol. The van der Waals surface area contributed by atoms with Crippen molar-refractivity contribution in [2.75, 3.05) is 7.05 Å². The molecule has 2 bridgehead atoms. The van der Waals surface area contributed by atoms with Gasteiger partial charge < -0.3 is 9.47 Å². The van der Waals surface area contributed by atoms with Crippen molar-refractivity contribution in [2.24, 2.45) is 13.0 Å². The van der Waals surface area contributed by atoms with Gasteiger partial charge >= 0.3 is 0 Å². The second-order valence-corrected chi connectivity index (χ2v) is 7.14. The van der Waals surface area contributed by atoms with E-state index in [9.17, 15) is 4.79 Å². The number of Topliss-reactive ketones (excluding diaryl/α,β-unsaturated/α-hetero) is 1. The number of benzene rings is 1. The molecule has 2 aliphatic rings. The number of aryl methyl sites for hydroxylation is 1. The van der Waals surface area contributed by atoms with Crippen LogP contribution in [0.1, 0.15) is 42.5 Å². The number of hydrogen-bond acceptors (Lipinski definition) is 2. The Morgan fingerprint density at radius 3 is 2.55 bits per heavy atom. The first-order valence-electron chi connectivity index (χ1n) is 8.44. The molecule has 0 N–H and O–H groups in total. The number of piperidine rings is 2. The van der Waals surface area contributed by atoms with E-state index in [1.807, 2.05) is 13.1 Å². The fourth-order valence-electron chi connectivity index (χ4n) is 4.50.